The van der Waals surface area contributed by atoms with Crippen LogP contribution >= 0.6 is 0 Å². The van der Waals surface area contributed by atoms with E-state index >= 15 is 0 Å². The van der Waals surface area contributed by atoms with E-state index in [0.29, 0.717) is 19.3 Å². The second-order valence-electron chi connectivity index (χ2n) is 20.9. The first-order chi connectivity index (χ1) is 38.5. The summed E-state index contributed by atoms with van der Waals surface area (Å²) < 4.78 is 16.8. The molecule has 0 fully saturated rings. The molecule has 0 aromatic heterocycles. The highest BCUT2D eigenvalue weighted by Gasteiger charge is 2.19. The van der Waals surface area contributed by atoms with Crippen LogP contribution in [0.3, 0.4) is 0 Å². The predicted octanol–water partition coefficient (Wildman–Crippen LogP) is 22.2. The Labute approximate surface area is 481 Å². The fourth-order valence-corrected chi connectivity index (χ4v) is 8.65. The normalized spacial score (nSPS) is 13.0. The van der Waals surface area contributed by atoms with Gasteiger partial charge in [-0.25, -0.2) is 0 Å². The third-order valence-corrected chi connectivity index (χ3v) is 13.4. The Bertz CT molecular complexity index is 1670. The molecule has 0 bridgehead atoms. The summed E-state index contributed by atoms with van der Waals surface area (Å²) in [6, 6.07) is 0. The molecule has 0 saturated carbocycles. The van der Waals surface area contributed by atoms with Crippen LogP contribution in [-0.4, -0.2) is 37.2 Å². The zero-order valence-electron chi connectivity index (χ0n) is 50.6. The van der Waals surface area contributed by atoms with Gasteiger partial charge in [-0.15, -0.1) is 0 Å². The number of esters is 3. The summed E-state index contributed by atoms with van der Waals surface area (Å²) in [6.45, 7) is 6.35. The summed E-state index contributed by atoms with van der Waals surface area (Å²) >= 11 is 0. The fourth-order valence-electron chi connectivity index (χ4n) is 8.65. The Morgan fingerprint density at radius 2 is 0.500 bits per heavy atom. The molecule has 6 nitrogen and oxygen atoms in total. The van der Waals surface area contributed by atoms with Crippen molar-refractivity contribution in [2.75, 3.05) is 13.2 Å². The molecule has 0 amide bonds. The molecule has 1 atom stereocenters. The molecule has 0 aromatic carbocycles. The van der Waals surface area contributed by atoms with Crippen molar-refractivity contribution in [3.8, 4) is 0 Å². The van der Waals surface area contributed by atoms with E-state index in [9.17, 15) is 14.4 Å². The van der Waals surface area contributed by atoms with E-state index in [-0.39, 0.29) is 31.1 Å². The average molecular weight is 1080 g/mol. The van der Waals surface area contributed by atoms with Crippen molar-refractivity contribution in [3.63, 3.8) is 0 Å². The van der Waals surface area contributed by atoms with Crippen molar-refractivity contribution in [1.29, 1.82) is 0 Å². The van der Waals surface area contributed by atoms with E-state index in [1.165, 1.54) is 109 Å². The molecule has 0 rings (SSSR count). The summed E-state index contributed by atoms with van der Waals surface area (Å²) in [4.78, 5) is 38.0. The molecule has 0 aliphatic heterocycles. The van der Waals surface area contributed by atoms with Crippen molar-refractivity contribution < 1.29 is 28.6 Å². The van der Waals surface area contributed by atoms with Crippen molar-refractivity contribution >= 4 is 17.9 Å². The molecule has 0 spiro atoms. The van der Waals surface area contributed by atoms with Crippen LogP contribution in [0.2, 0.25) is 0 Å². The van der Waals surface area contributed by atoms with Crippen LogP contribution in [0, 0.1) is 0 Å². The zero-order chi connectivity index (χ0) is 56.4. The molecule has 1 unspecified atom stereocenters. The topological polar surface area (TPSA) is 78.9 Å². The Kier molecular flexibility index (Phi) is 61.4. The smallest absolute Gasteiger partial charge is 0.306 e. The van der Waals surface area contributed by atoms with E-state index in [0.717, 1.165) is 135 Å². The number of unbranched alkanes of at least 4 members (excludes halogenated alkanes) is 24. The van der Waals surface area contributed by atoms with Gasteiger partial charge in [0.15, 0.2) is 6.10 Å². The lowest BCUT2D eigenvalue weighted by molar-refractivity contribution is -0.167. The molecule has 442 valence electrons. The van der Waals surface area contributed by atoms with Crippen LogP contribution in [0.1, 0.15) is 284 Å². The number of allylic oxidation sites excluding steroid dienone is 22. The molecule has 0 heterocycles. The summed E-state index contributed by atoms with van der Waals surface area (Å²) in [5.41, 5.74) is 0. The Morgan fingerprint density at radius 1 is 0.269 bits per heavy atom. The number of hydrogen-bond donors (Lipinski definition) is 0. The fraction of sp³-hybridized carbons (Fsp3) is 0.653. The Morgan fingerprint density at radius 3 is 0.782 bits per heavy atom. The highest BCUT2D eigenvalue weighted by atomic mass is 16.6. The van der Waals surface area contributed by atoms with E-state index in [1.54, 1.807) is 0 Å². The molecular weight excluding hydrogens is 961 g/mol. The summed E-state index contributed by atoms with van der Waals surface area (Å²) in [5, 5.41) is 0. The van der Waals surface area contributed by atoms with Gasteiger partial charge in [-0.05, 0) is 116 Å². The van der Waals surface area contributed by atoms with Gasteiger partial charge in [-0.3, -0.25) is 14.4 Å². The third kappa shape index (κ3) is 62.4. The second-order valence-corrected chi connectivity index (χ2v) is 20.9. The summed E-state index contributed by atoms with van der Waals surface area (Å²) in [5.74, 6) is -0.902. The first kappa shape index (κ1) is 73.5. The van der Waals surface area contributed by atoms with Gasteiger partial charge in [0.05, 0.1) is 0 Å². The predicted molar refractivity (Wildman–Crippen MR) is 339 cm³/mol. The van der Waals surface area contributed by atoms with Crippen molar-refractivity contribution in [3.05, 3.63) is 134 Å². The number of ether oxygens (including phenoxy) is 3. The Balaban J connectivity index is 4.13. The monoisotopic (exact) mass is 1080 g/mol. The second kappa shape index (κ2) is 65.1. The van der Waals surface area contributed by atoms with Crippen molar-refractivity contribution in [2.24, 2.45) is 0 Å². The van der Waals surface area contributed by atoms with Crippen LogP contribution in [0.4, 0.5) is 0 Å². The minimum absolute atomic E-state index is 0.0834. The van der Waals surface area contributed by atoms with E-state index in [2.05, 4.69) is 154 Å². The minimum Gasteiger partial charge on any atom is -0.462 e. The molecule has 0 saturated heterocycles. The van der Waals surface area contributed by atoms with Crippen LogP contribution in [0.5, 0.6) is 0 Å². The minimum atomic E-state index is -0.784. The highest BCUT2D eigenvalue weighted by Crippen LogP contribution is 2.15. The zero-order valence-corrected chi connectivity index (χ0v) is 50.6. The van der Waals surface area contributed by atoms with Gasteiger partial charge in [0, 0.05) is 19.3 Å². The molecule has 0 N–H and O–H groups in total. The molecule has 6 heteroatoms. The van der Waals surface area contributed by atoms with Gasteiger partial charge in [0.1, 0.15) is 13.2 Å². The van der Waals surface area contributed by atoms with E-state index in [1.807, 2.05) is 0 Å². The first-order valence-electron chi connectivity index (χ1n) is 32.2. The lowest BCUT2D eigenvalue weighted by Crippen LogP contribution is -2.30. The number of rotatable bonds is 57. The first-order valence-corrected chi connectivity index (χ1v) is 32.2. The molecule has 0 aliphatic rings. The molecular formula is C72H118O6. The van der Waals surface area contributed by atoms with Crippen molar-refractivity contribution in [1.82, 2.24) is 0 Å². The summed E-state index contributed by atoms with van der Waals surface area (Å²) in [6.07, 6.45) is 92.0. The van der Waals surface area contributed by atoms with Gasteiger partial charge in [0.2, 0.25) is 0 Å². The molecule has 0 aliphatic carbocycles. The lowest BCUT2D eigenvalue weighted by atomic mass is 10.0. The SMILES string of the molecule is CC/C=C\C/C=C\C/C=C\C/C=C\C/C=C\C/C=C\C/C=C\CCCCCCCCCCCC(=O)OCC(COC(=O)CCCCCCCC)OC(=O)CCCCCCCCCCCC/C=C\C/C=C\C/C=C\C/C=C\CC. The maximum Gasteiger partial charge on any atom is 0.306 e. The van der Waals surface area contributed by atoms with Gasteiger partial charge < -0.3 is 14.2 Å². The maximum atomic E-state index is 12.9. The standard InChI is InChI=1S/C72H118O6/c1-4-7-10-13-16-18-20-22-24-26-28-30-32-33-34-35-36-37-38-39-41-42-44-46-48-50-52-54-56-59-62-65-71(74)77-68-69(67-76-70(73)64-61-58-15-12-9-6-3)78-72(75)66-63-60-57-55-53-51-49-47-45-43-40-31-29-27-25-23-21-19-17-14-11-8-5-2/h7-8,10-11,16-19,22-25,28-31,33-34,36-37,39,41,69H,4-6,9,12-15,20-21,26-27,32,35,38,40,42-68H2,1-3H3/b10-7-,11-8-,18-16-,19-17-,24-22-,25-23-,30-28-,31-29-,34-33-,37-36-,41-39-. The van der Waals surface area contributed by atoms with Crippen LogP contribution in [0.25, 0.3) is 0 Å². The van der Waals surface area contributed by atoms with Gasteiger partial charge in [0.25, 0.3) is 0 Å². The lowest BCUT2D eigenvalue weighted by Gasteiger charge is -2.18. The average Bonchev–Trinajstić information content (AvgIpc) is 3.44. The molecule has 0 aromatic rings. The third-order valence-electron chi connectivity index (χ3n) is 13.4. The van der Waals surface area contributed by atoms with Crippen LogP contribution < -0.4 is 0 Å². The Hall–Kier alpha value is -4.45. The van der Waals surface area contributed by atoms with Crippen molar-refractivity contribution in [2.45, 2.75) is 290 Å². The number of carbonyl (C=O) groups is 3. The van der Waals surface area contributed by atoms with E-state index in [4.69, 9.17) is 14.2 Å². The maximum absolute atomic E-state index is 12.9. The number of hydrogen-bond acceptors (Lipinski definition) is 6. The van der Waals surface area contributed by atoms with Crippen LogP contribution in [-0.2, 0) is 28.6 Å². The largest absolute Gasteiger partial charge is 0.462 e. The molecule has 78 heavy (non-hydrogen) atoms. The molecule has 0 radical (unpaired) electrons. The number of carbonyl (C=O) groups excluding carboxylic acids is 3. The summed E-state index contributed by atoms with van der Waals surface area (Å²) in [7, 11) is 0. The van der Waals surface area contributed by atoms with Gasteiger partial charge in [-0.1, -0.05) is 283 Å². The van der Waals surface area contributed by atoms with Gasteiger partial charge >= 0.3 is 17.9 Å². The van der Waals surface area contributed by atoms with Gasteiger partial charge in [-0.2, -0.15) is 0 Å². The van der Waals surface area contributed by atoms with Crippen LogP contribution in [0.15, 0.2) is 134 Å². The highest BCUT2D eigenvalue weighted by molar-refractivity contribution is 5.71. The quantitative estimate of drug-likeness (QED) is 0.0261. The van der Waals surface area contributed by atoms with E-state index < -0.39 is 6.10 Å².